The Morgan fingerprint density at radius 3 is 2.65 bits per heavy atom. The fourth-order valence-electron chi connectivity index (χ4n) is 3.44. The standard InChI is InChI=1S/C17H21N5O3S/c1-12-17(13(2)25-20-12)26(23,24)22-7-5-21(6-8-22)11-14-3-4-15-10-18-19-16(15)9-14/h3-4,9-10H,5-8,11H2,1-2H3,(H,18,19). The molecule has 0 saturated carbocycles. The number of H-pyrrole nitrogens is 1. The molecule has 1 fully saturated rings. The van der Waals surface area contributed by atoms with Crippen molar-refractivity contribution in [3.63, 3.8) is 0 Å². The number of fused-ring (bicyclic) bond motifs is 1. The molecule has 1 saturated heterocycles. The molecule has 0 bridgehead atoms. The SMILES string of the molecule is Cc1noc(C)c1S(=O)(=O)N1CCN(Cc2ccc3cn[nH]c3c2)CC1. The fourth-order valence-corrected chi connectivity index (χ4v) is 5.15. The molecule has 1 aliphatic heterocycles. The Morgan fingerprint density at radius 2 is 1.96 bits per heavy atom. The molecular weight excluding hydrogens is 354 g/mol. The Hall–Kier alpha value is -2.23. The molecule has 138 valence electrons. The number of aryl methyl sites for hydroxylation is 2. The van der Waals surface area contributed by atoms with Gasteiger partial charge >= 0.3 is 0 Å². The van der Waals surface area contributed by atoms with Crippen LogP contribution in [0, 0.1) is 13.8 Å². The first kappa shape index (κ1) is 17.2. The summed E-state index contributed by atoms with van der Waals surface area (Å²) < 4.78 is 32.3. The monoisotopic (exact) mass is 375 g/mol. The van der Waals surface area contributed by atoms with Gasteiger partial charge in [-0.25, -0.2) is 8.42 Å². The summed E-state index contributed by atoms with van der Waals surface area (Å²) in [4.78, 5) is 2.47. The first-order chi connectivity index (χ1) is 12.4. The highest BCUT2D eigenvalue weighted by Crippen LogP contribution is 2.24. The molecule has 0 amide bonds. The van der Waals surface area contributed by atoms with Crippen molar-refractivity contribution in [2.45, 2.75) is 25.3 Å². The van der Waals surface area contributed by atoms with Gasteiger partial charge in [0, 0.05) is 38.1 Å². The quantitative estimate of drug-likeness (QED) is 0.745. The van der Waals surface area contributed by atoms with Gasteiger partial charge in [-0.15, -0.1) is 0 Å². The number of aromatic nitrogens is 3. The smallest absolute Gasteiger partial charge is 0.248 e. The maximum Gasteiger partial charge on any atom is 0.248 e. The van der Waals surface area contributed by atoms with Crippen molar-refractivity contribution in [2.75, 3.05) is 26.2 Å². The number of aromatic amines is 1. The van der Waals surface area contributed by atoms with E-state index in [0.717, 1.165) is 17.4 Å². The molecule has 8 nitrogen and oxygen atoms in total. The van der Waals surface area contributed by atoms with Crippen LogP contribution < -0.4 is 0 Å². The summed E-state index contributed by atoms with van der Waals surface area (Å²) in [5.74, 6) is 0.345. The Bertz CT molecular complexity index is 1010. The normalized spacial score (nSPS) is 17.2. The molecular formula is C17H21N5O3S. The second kappa shape index (κ2) is 6.49. The lowest BCUT2D eigenvalue weighted by molar-refractivity contribution is 0.181. The average molecular weight is 375 g/mol. The van der Waals surface area contributed by atoms with Crippen molar-refractivity contribution in [1.29, 1.82) is 0 Å². The highest BCUT2D eigenvalue weighted by atomic mass is 32.2. The number of rotatable bonds is 4. The van der Waals surface area contributed by atoms with Crippen molar-refractivity contribution in [3.8, 4) is 0 Å². The first-order valence-electron chi connectivity index (χ1n) is 8.52. The van der Waals surface area contributed by atoms with Crippen LogP contribution in [-0.2, 0) is 16.6 Å². The van der Waals surface area contributed by atoms with Gasteiger partial charge in [0.2, 0.25) is 10.0 Å². The maximum absolute atomic E-state index is 12.9. The van der Waals surface area contributed by atoms with E-state index in [9.17, 15) is 8.42 Å². The van der Waals surface area contributed by atoms with Gasteiger partial charge in [-0.05, 0) is 25.5 Å². The molecule has 1 aromatic carbocycles. The van der Waals surface area contributed by atoms with Crippen LogP contribution in [0.4, 0.5) is 0 Å². The summed E-state index contributed by atoms with van der Waals surface area (Å²) >= 11 is 0. The Kier molecular flexibility index (Phi) is 4.29. The van der Waals surface area contributed by atoms with Crippen molar-refractivity contribution in [3.05, 3.63) is 41.4 Å². The third-order valence-corrected chi connectivity index (χ3v) is 6.95. The average Bonchev–Trinajstić information content (AvgIpc) is 3.21. The van der Waals surface area contributed by atoms with Crippen LogP contribution in [0.5, 0.6) is 0 Å². The highest BCUT2D eigenvalue weighted by Gasteiger charge is 2.33. The zero-order valence-electron chi connectivity index (χ0n) is 14.8. The molecule has 9 heteroatoms. The zero-order valence-corrected chi connectivity index (χ0v) is 15.6. The first-order valence-corrected chi connectivity index (χ1v) is 9.96. The summed E-state index contributed by atoms with van der Waals surface area (Å²) in [6.07, 6.45) is 1.80. The number of benzene rings is 1. The summed E-state index contributed by atoms with van der Waals surface area (Å²) in [7, 11) is -3.56. The molecule has 4 rings (SSSR count). The van der Waals surface area contributed by atoms with E-state index in [2.05, 4.69) is 32.4 Å². The van der Waals surface area contributed by atoms with Gasteiger partial charge in [0.15, 0.2) is 5.76 Å². The van der Waals surface area contributed by atoms with Crippen LogP contribution in [-0.4, -0.2) is 59.2 Å². The Morgan fingerprint density at radius 1 is 1.19 bits per heavy atom. The van der Waals surface area contributed by atoms with E-state index < -0.39 is 10.0 Å². The van der Waals surface area contributed by atoms with Crippen molar-refractivity contribution in [2.24, 2.45) is 0 Å². The zero-order chi connectivity index (χ0) is 18.3. The minimum atomic E-state index is -3.56. The number of sulfonamides is 1. The van der Waals surface area contributed by atoms with Gasteiger partial charge in [-0.2, -0.15) is 9.40 Å². The molecule has 0 spiro atoms. The highest BCUT2D eigenvalue weighted by molar-refractivity contribution is 7.89. The van der Waals surface area contributed by atoms with Crippen LogP contribution >= 0.6 is 0 Å². The topological polar surface area (TPSA) is 95.3 Å². The van der Waals surface area contributed by atoms with Crippen molar-refractivity contribution < 1.29 is 12.9 Å². The predicted molar refractivity (Wildman–Crippen MR) is 96.1 cm³/mol. The van der Waals surface area contributed by atoms with Gasteiger partial charge in [0.1, 0.15) is 10.6 Å². The number of nitrogens with zero attached hydrogens (tertiary/aromatic N) is 4. The number of nitrogens with one attached hydrogen (secondary N) is 1. The minimum Gasteiger partial charge on any atom is -0.360 e. The van der Waals surface area contributed by atoms with Crippen LogP contribution in [0.2, 0.25) is 0 Å². The van der Waals surface area contributed by atoms with Gasteiger partial charge in [0.25, 0.3) is 0 Å². The summed E-state index contributed by atoms with van der Waals surface area (Å²) in [5.41, 5.74) is 2.61. The molecule has 2 aromatic heterocycles. The van der Waals surface area contributed by atoms with Gasteiger partial charge in [0.05, 0.1) is 11.7 Å². The van der Waals surface area contributed by atoms with E-state index in [1.807, 2.05) is 6.07 Å². The Balaban J connectivity index is 1.44. The molecule has 0 radical (unpaired) electrons. The molecule has 1 N–H and O–H groups in total. The van der Waals surface area contributed by atoms with Crippen molar-refractivity contribution in [1.82, 2.24) is 24.6 Å². The minimum absolute atomic E-state index is 0.204. The molecule has 0 unspecified atom stereocenters. The lowest BCUT2D eigenvalue weighted by Crippen LogP contribution is -2.48. The van der Waals surface area contributed by atoms with E-state index in [-0.39, 0.29) is 4.90 Å². The summed E-state index contributed by atoms with van der Waals surface area (Å²) in [6.45, 7) is 6.36. The molecule has 0 aliphatic carbocycles. The number of hydrogen-bond donors (Lipinski definition) is 1. The van der Waals surface area contributed by atoms with Crippen LogP contribution in [0.3, 0.4) is 0 Å². The number of hydrogen-bond acceptors (Lipinski definition) is 6. The lowest BCUT2D eigenvalue weighted by atomic mass is 10.1. The van der Waals surface area contributed by atoms with Gasteiger partial charge in [-0.1, -0.05) is 17.3 Å². The molecule has 0 atom stereocenters. The van der Waals surface area contributed by atoms with E-state index in [1.165, 1.54) is 9.87 Å². The third kappa shape index (κ3) is 3.02. The van der Waals surface area contributed by atoms with Gasteiger partial charge in [-0.3, -0.25) is 10.00 Å². The van der Waals surface area contributed by atoms with Crippen LogP contribution in [0.15, 0.2) is 33.8 Å². The maximum atomic E-state index is 12.9. The second-order valence-electron chi connectivity index (χ2n) is 6.63. The van der Waals surface area contributed by atoms with Gasteiger partial charge < -0.3 is 4.52 Å². The molecule has 3 heterocycles. The van der Waals surface area contributed by atoms with E-state index in [1.54, 1.807) is 20.0 Å². The lowest BCUT2D eigenvalue weighted by Gasteiger charge is -2.33. The van der Waals surface area contributed by atoms with Crippen LogP contribution in [0.25, 0.3) is 10.9 Å². The summed E-state index contributed by atoms with van der Waals surface area (Å²) in [5, 5.41) is 11.9. The Labute approximate surface area is 151 Å². The van der Waals surface area contributed by atoms with Crippen LogP contribution in [0.1, 0.15) is 17.0 Å². The predicted octanol–water partition coefficient (Wildman–Crippen LogP) is 1.67. The van der Waals surface area contributed by atoms with E-state index in [4.69, 9.17) is 4.52 Å². The summed E-state index contributed by atoms with van der Waals surface area (Å²) in [6, 6.07) is 6.23. The fraction of sp³-hybridized carbons (Fsp3) is 0.412. The second-order valence-corrected chi connectivity index (χ2v) is 8.50. The number of piperazine rings is 1. The molecule has 3 aromatic rings. The van der Waals surface area contributed by atoms with Crippen molar-refractivity contribution >= 4 is 20.9 Å². The van der Waals surface area contributed by atoms with E-state index >= 15 is 0 Å². The third-order valence-electron chi connectivity index (χ3n) is 4.81. The molecule has 1 aliphatic rings. The largest absolute Gasteiger partial charge is 0.360 e. The van der Waals surface area contributed by atoms with E-state index in [0.29, 0.717) is 37.6 Å². The molecule has 26 heavy (non-hydrogen) atoms.